The fraction of sp³-hybridized carbons (Fsp3) is 0.650. The molecule has 0 aromatic heterocycles. The maximum absolute atomic E-state index is 12.6. The lowest BCUT2D eigenvalue weighted by molar-refractivity contribution is 0.0174. The summed E-state index contributed by atoms with van der Waals surface area (Å²) in [5, 5.41) is 0. The Balaban J connectivity index is 2.44. The van der Waals surface area contributed by atoms with Crippen molar-refractivity contribution in [1.29, 1.82) is 0 Å². The number of carbonyl (C=O) groups is 1. The third-order valence-electron chi connectivity index (χ3n) is 4.67. The highest BCUT2D eigenvalue weighted by Crippen LogP contribution is 2.31. The number of amides is 2. The lowest BCUT2D eigenvalue weighted by Gasteiger charge is -2.42. The molecule has 0 aliphatic carbocycles. The Kier molecular flexibility index (Phi) is 8.50. The second-order valence-corrected chi connectivity index (χ2v) is 7.22. The lowest BCUT2D eigenvalue weighted by atomic mass is 9.91. The van der Waals surface area contributed by atoms with Crippen molar-refractivity contribution in [2.45, 2.75) is 33.0 Å². The highest BCUT2D eigenvalue weighted by atomic mass is 16.5. The van der Waals surface area contributed by atoms with Gasteiger partial charge in [0, 0.05) is 34.1 Å². The molecule has 1 aromatic carbocycles. The van der Waals surface area contributed by atoms with E-state index in [1.165, 1.54) is 5.56 Å². The topological polar surface area (TPSA) is 63.7 Å². The molecule has 0 saturated carbocycles. The number of methoxy groups -OCH3 is 4. The summed E-state index contributed by atoms with van der Waals surface area (Å²) in [5.74, 6) is 0.349. The van der Waals surface area contributed by atoms with Crippen molar-refractivity contribution < 1.29 is 23.7 Å². The van der Waals surface area contributed by atoms with Crippen molar-refractivity contribution >= 4 is 11.7 Å². The first kappa shape index (κ1) is 22.4. The molecule has 1 aliphatic heterocycles. The van der Waals surface area contributed by atoms with Gasteiger partial charge in [0.2, 0.25) is 0 Å². The zero-order valence-corrected chi connectivity index (χ0v) is 17.9. The molecule has 1 saturated heterocycles. The first-order valence-corrected chi connectivity index (χ1v) is 9.37. The van der Waals surface area contributed by atoms with Crippen LogP contribution in [0.1, 0.15) is 36.5 Å². The highest BCUT2D eigenvalue weighted by molar-refractivity contribution is 5.76. The van der Waals surface area contributed by atoms with E-state index in [0.29, 0.717) is 32.5 Å². The Hall–Kier alpha value is -1.87. The Morgan fingerprint density at radius 2 is 1.32 bits per heavy atom. The van der Waals surface area contributed by atoms with E-state index in [2.05, 4.69) is 30.9 Å². The maximum atomic E-state index is 12.6. The second kappa shape index (κ2) is 10.6. The maximum Gasteiger partial charge on any atom is 0.326 e. The summed E-state index contributed by atoms with van der Waals surface area (Å²) < 4.78 is 21.3. The normalized spacial score (nSPS) is 15.1. The zero-order chi connectivity index (χ0) is 20.7. The number of benzene rings is 1. The summed E-state index contributed by atoms with van der Waals surface area (Å²) in [4.78, 5) is 18.0. The van der Waals surface area contributed by atoms with E-state index in [1.54, 1.807) is 38.2 Å². The van der Waals surface area contributed by atoms with Gasteiger partial charge in [-0.2, -0.15) is 0 Å². The van der Waals surface area contributed by atoms with Gasteiger partial charge in [-0.1, -0.05) is 13.8 Å². The van der Waals surface area contributed by atoms with Gasteiger partial charge in [0.1, 0.15) is 13.5 Å². The molecule has 2 amide bonds. The van der Waals surface area contributed by atoms with Crippen LogP contribution in [0.3, 0.4) is 0 Å². The Morgan fingerprint density at radius 3 is 1.68 bits per heavy atom. The zero-order valence-electron chi connectivity index (χ0n) is 17.9. The Bertz CT molecular complexity index is 608. The second-order valence-electron chi connectivity index (χ2n) is 7.22. The van der Waals surface area contributed by atoms with Gasteiger partial charge in [-0.3, -0.25) is 9.80 Å². The van der Waals surface area contributed by atoms with Crippen LogP contribution in [0, 0.1) is 0 Å². The molecule has 1 aliphatic rings. The van der Waals surface area contributed by atoms with Crippen molar-refractivity contribution in [3.05, 3.63) is 28.8 Å². The van der Waals surface area contributed by atoms with Crippen LogP contribution in [0.15, 0.2) is 12.1 Å². The summed E-state index contributed by atoms with van der Waals surface area (Å²) in [6.45, 7) is 6.70. The molecule has 0 unspecified atom stereocenters. The first-order chi connectivity index (χ1) is 13.5. The van der Waals surface area contributed by atoms with Crippen LogP contribution in [0.4, 0.5) is 10.5 Å². The average molecular weight is 396 g/mol. The van der Waals surface area contributed by atoms with Crippen molar-refractivity contribution in [2.75, 3.05) is 60.1 Å². The summed E-state index contributed by atoms with van der Waals surface area (Å²) >= 11 is 0. The third-order valence-corrected chi connectivity index (χ3v) is 4.67. The molecule has 1 fully saturated rings. The molecule has 1 heterocycles. The standard InChI is InChI=1S/C20H33N3O5/c1-15(2)19-16(9-25-3)7-18(8-17(19)10-26-4)21-11-22(13-27-5)20(24)23(12-21)14-28-6/h7-8,15H,9-14H2,1-6H3. The van der Waals surface area contributed by atoms with Gasteiger partial charge in [0.05, 0.1) is 26.6 Å². The van der Waals surface area contributed by atoms with Gasteiger partial charge < -0.3 is 23.8 Å². The van der Waals surface area contributed by atoms with Gasteiger partial charge in [-0.25, -0.2) is 4.79 Å². The smallest absolute Gasteiger partial charge is 0.326 e. The van der Waals surface area contributed by atoms with Crippen LogP contribution in [-0.4, -0.2) is 71.1 Å². The largest absolute Gasteiger partial charge is 0.380 e. The number of carbonyl (C=O) groups excluding carboxylic acids is 1. The molecule has 0 radical (unpaired) electrons. The van der Waals surface area contributed by atoms with Crippen molar-refractivity contribution in [3.63, 3.8) is 0 Å². The molecule has 1 aromatic rings. The minimum Gasteiger partial charge on any atom is -0.380 e. The summed E-state index contributed by atoms with van der Waals surface area (Å²) in [5.41, 5.74) is 4.53. The number of nitrogens with zero attached hydrogens (tertiary/aromatic N) is 3. The lowest BCUT2D eigenvalue weighted by Crippen LogP contribution is -2.59. The summed E-state index contributed by atoms with van der Waals surface area (Å²) in [6, 6.07) is 4.18. The Labute approximate surface area is 167 Å². The van der Waals surface area contributed by atoms with Gasteiger partial charge >= 0.3 is 6.03 Å². The van der Waals surface area contributed by atoms with E-state index in [9.17, 15) is 4.79 Å². The van der Waals surface area contributed by atoms with E-state index >= 15 is 0 Å². The van der Waals surface area contributed by atoms with Crippen LogP contribution in [0.25, 0.3) is 0 Å². The number of hydrogen-bond acceptors (Lipinski definition) is 6. The SMILES string of the molecule is COCc1cc(N2CN(COC)C(=O)N(COC)C2)cc(COC)c1C(C)C. The molecular formula is C20H33N3O5. The molecule has 2 rings (SSSR count). The van der Waals surface area contributed by atoms with Gasteiger partial charge in [-0.15, -0.1) is 0 Å². The molecule has 28 heavy (non-hydrogen) atoms. The van der Waals surface area contributed by atoms with Crippen LogP contribution in [0.5, 0.6) is 0 Å². The van der Waals surface area contributed by atoms with E-state index in [-0.39, 0.29) is 19.5 Å². The van der Waals surface area contributed by atoms with Crippen LogP contribution < -0.4 is 4.90 Å². The molecule has 0 bridgehead atoms. The minimum atomic E-state index is -0.104. The molecule has 0 atom stereocenters. The molecule has 158 valence electrons. The van der Waals surface area contributed by atoms with E-state index in [4.69, 9.17) is 18.9 Å². The molecular weight excluding hydrogens is 362 g/mol. The fourth-order valence-corrected chi connectivity index (χ4v) is 3.68. The molecule has 8 nitrogen and oxygen atoms in total. The van der Waals surface area contributed by atoms with Crippen molar-refractivity contribution in [3.8, 4) is 0 Å². The number of urea groups is 1. The van der Waals surface area contributed by atoms with E-state index < -0.39 is 0 Å². The quantitative estimate of drug-likeness (QED) is 0.607. The number of rotatable bonds is 10. The highest BCUT2D eigenvalue weighted by Gasteiger charge is 2.31. The van der Waals surface area contributed by atoms with Gasteiger partial charge in [-0.05, 0) is 34.7 Å². The fourth-order valence-electron chi connectivity index (χ4n) is 3.68. The first-order valence-electron chi connectivity index (χ1n) is 9.37. The molecule has 0 spiro atoms. The van der Waals surface area contributed by atoms with Crippen molar-refractivity contribution in [2.24, 2.45) is 0 Å². The van der Waals surface area contributed by atoms with Crippen LogP contribution in [-0.2, 0) is 32.2 Å². The monoisotopic (exact) mass is 395 g/mol. The third kappa shape index (κ3) is 5.14. The van der Waals surface area contributed by atoms with Gasteiger partial charge in [0.25, 0.3) is 0 Å². The summed E-state index contributed by atoms with van der Waals surface area (Å²) in [6.07, 6.45) is 0. The number of hydrogen-bond donors (Lipinski definition) is 0. The summed E-state index contributed by atoms with van der Waals surface area (Å²) in [7, 11) is 6.56. The van der Waals surface area contributed by atoms with E-state index in [0.717, 1.165) is 16.8 Å². The Morgan fingerprint density at radius 1 is 0.857 bits per heavy atom. The van der Waals surface area contributed by atoms with Crippen LogP contribution >= 0.6 is 0 Å². The van der Waals surface area contributed by atoms with Gasteiger partial charge in [0.15, 0.2) is 0 Å². The predicted octanol–water partition coefficient (Wildman–Crippen LogP) is 2.77. The van der Waals surface area contributed by atoms with Crippen LogP contribution in [0.2, 0.25) is 0 Å². The minimum absolute atomic E-state index is 0.104. The number of anilines is 1. The van der Waals surface area contributed by atoms with E-state index in [1.807, 2.05) is 0 Å². The van der Waals surface area contributed by atoms with Crippen molar-refractivity contribution in [1.82, 2.24) is 9.80 Å². The predicted molar refractivity (Wildman–Crippen MR) is 107 cm³/mol. The molecule has 0 N–H and O–H groups in total. The average Bonchev–Trinajstić information content (AvgIpc) is 2.65. The molecule has 8 heteroatoms. The number of ether oxygens (including phenoxy) is 4.